The smallest absolute Gasteiger partial charge is 0.345 e. The lowest BCUT2D eigenvalue weighted by Gasteiger charge is -2.08. The molecule has 0 saturated carbocycles. The Bertz CT molecular complexity index is 1120. The van der Waals surface area contributed by atoms with Gasteiger partial charge in [-0.1, -0.05) is 40.5 Å². The van der Waals surface area contributed by atoms with Gasteiger partial charge in [-0.25, -0.2) is 4.79 Å². The summed E-state index contributed by atoms with van der Waals surface area (Å²) in [5.74, 6) is -1.91. The van der Waals surface area contributed by atoms with Gasteiger partial charge in [-0.2, -0.15) is 0 Å². The van der Waals surface area contributed by atoms with Gasteiger partial charge in [-0.15, -0.1) is 0 Å². The number of methoxy groups -OCH3 is 1. The molecule has 3 rings (SSSR count). The van der Waals surface area contributed by atoms with Crippen LogP contribution in [-0.4, -0.2) is 30.1 Å². The van der Waals surface area contributed by atoms with Gasteiger partial charge in [0.15, 0.2) is 5.56 Å². The fourth-order valence-corrected chi connectivity index (χ4v) is 3.25. The van der Waals surface area contributed by atoms with E-state index in [-0.39, 0.29) is 44.2 Å². The van der Waals surface area contributed by atoms with Gasteiger partial charge in [0.2, 0.25) is 11.8 Å². The summed E-state index contributed by atoms with van der Waals surface area (Å²) < 4.78 is 10.0. The molecule has 0 unspecified atom stereocenters. The lowest BCUT2D eigenvalue weighted by Crippen LogP contribution is -2.15. The Morgan fingerprint density at radius 1 is 1.03 bits per heavy atom. The number of esters is 1. The summed E-state index contributed by atoms with van der Waals surface area (Å²) in [7, 11) is 1.18. The molecule has 0 aliphatic carbocycles. The first-order valence-electron chi connectivity index (χ1n) is 8.53. The molecule has 2 amide bonds. The molecule has 0 atom stereocenters. The van der Waals surface area contributed by atoms with E-state index in [9.17, 15) is 14.4 Å². The van der Waals surface area contributed by atoms with Crippen LogP contribution in [0.15, 0.2) is 47.0 Å². The van der Waals surface area contributed by atoms with E-state index in [0.717, 1.165) is 0 Å². The summed E-state index contributed by atoms with van der Waals surface area (Å²) in [5.41, 5.74) is 0.798. The van der Waals surface area contributed by atoms with Crippen LogP contribution >= 0.6 is 23.2 Å². The molecule has 8 nitrogen and oxygen atoms in total. The third-order valence-corrected chi connectivity index (χ3v) is 4.58. The quantitative estimate of drug-likeness (QED) is 0.550. The van der Waals surface area contributed by atoms with Crippen LogP contribution in [0.25, 0.3) is 11.3 Å². The van der Waals surface area contributed by atoms with E-state index in [1.807, 2.05) is 0 Å². The van der Waals surface area contributed by atoms with Crippen molar-refractivity contribution in [3.05, 3.63) is 63.6 Å². The number of hydrogen-bond acceptors (Lipinski definition) is 6. The molecule has 154 valence electrons. The fraction of sp³-hybridized carbons (Fsp3) is 0.100. The largest absolute Gasteiger partial charge is 0.465 e. The van der Waals surface area contributed by atoms with Crippen molar-refractivity contribution in [2.24, 2.45) is 0 Å². The first kappa shape index (κ1) is 21.4. The number of nitrogens with one attached hydrogen (secondary N) is 2. The van der Waals surface area contributed by atoms with Crippen LogP contribution in [0.3, 0.4) is 0 Å². The van der Waals surface area contributed by atoms with Crippen molar-refractivity contribution in [2.75, 3.05) is 17.7 Å². The maximum Gasteiger partial charge on any atom is 0.345 e. The molecule has 1 heterocycles. The van der Waals surface area contributed by atoms with Gasteiger partial charge in [-0.05, 0) is 30.3 Å². The van der Waals surface area contributed by atoms with E-state index < -0.39 is 11.9 Å². The topological polar surface area (TPSA) is 111 Å². The van der Waals surface area contributed by atoms with E-state index in [1.165, 1.54) is 26.2 Å². The molecule has 0 bridgehead atoms. The highest BCUT2D eigenvalue weighted by molar-refractivity contribution is 6.39. The van der Waals surface area contributed by atoms with Gasteiger partial charge in [0.05, 0.1) is 17.2 Å². The predicted molar refractivity (Wildman–Crippen MR) is 112 cm³/mol. The number of benzene rings is 2. The number of anilines is 2. The molecule has 0 fully saturated rings. The SMILES string of the molecule is COC(=O)c1c(-c2c(Cl)cccc2Cl)noc1NC(=O)c1cccc(NC(C)=O)c1. The monoisotopic (exact) mass is 447 g/mol. The van der Waals surface area contributed by atoms with Crippen LogP contribution in [0, 0.1) is 0 Å². The summed E-state index contributed by atoms with van der Waals surface area (Å²) in [5, 5.41) is 9.41. The molecule has 1 aromatic heterocycles. The van der Waals surface area contributed by atoms with Crippen molar-refractivity contribution in [1.29, 1.82) is 0 Å². The average molecular weight is 448 g/mol. The number of ether oxygens (including phenoxy) is 1. The molecule has 10 heteroatoms. The first-order valence-corrected chi connectivity index (χ1v) is 9.28. The van der Waals surface area contributed by atoms with Gasteiger partial charge in [0.1, 0.15) is 5.69 Å². The second-order valence-electron chi connectivity index (χ2n) is 6.04. The van der Waals surface area contributed by atoms with Gasteiger partial charge >= 0.3 is 5.97 Å². The van der Waals surface area contributed by atoms with E-state index in [0.29, 0.717) is 5.69 Å². The summed E-state index contributed by atoms with van der Waals surface area (Å²) in [6, 6.07) is 11.0. The van der Waals surface area contributed by atoms with Gasteiger partial charge in [0, 0.05) is 23.7 Å². The van der Waals surface area contributed by atoms with Crippen molar-refractivity contribution in [2.45, 2.75) is 6.92 Å². The molecule has 0 saturated heterocycles. The lowest BCUT2D eigenvalue weighted by molar-refractivity contribution is -0.114. The van der Waals surface area contributed by atoms with Crippen molar-refractivity contribution in [1.82, 2.24) is 5.16 Å². The molecule has 30 heavy (non-hydrogen) atoms. The number of rotatable bonds is 5. The second kappa shape index (κ2) is 8.98. The van der Waals surface area contributed by atoms with Crippen LogP contribution in [0.4, 0.5) is 11.6 Å². The standard InChI is InChI=1S/C20H15Cl2N3O5/c1-10(26)23-12-6-3-5-11(9-12)18(27)24-19-16(20(28)29-2)17(25-30-19)15-13(21)7-4-8-14(15)22/h3-9H,1-2H3,(H,23,26)(H,24,27). The minimum Gasteiger partial charge on any atom is -0.465 e. The zero-order chi connectivity index (χ0) is 21.8. The van der Waals surface area contributed by atoms with Gasteiger partial charge in [0.25, 0.3) is 5.91 Å². The maximum absolute atomic E-state index is 12.7. The van der Waals surface area contributed by atoms with E-state index >= 15 is 0 Å². The minimum atomic E-state index is -0.801. The Balaban J connectivity index is 1.99. The van der Waals surface area contributed by atoms with Crippen LogP contribution in [0.5, 0.6) is 0 Å². The number of amides is 2. The van der Waals surface area contributed by atoms with Crippen molar-refractivity contribution < 1.29 is 23.6 Å². The van der Waals surface area contributed by atoms with Crippen LogP contribution < -0.4 is 10.6 Å². The summed E-state index contributed by atoms with van der Waals surface area (Å²) in [4.78, 5) is 36.3. The zero-order valence-corrected chi connectivity index (χ0v) is 17.3. The first-order chi connectivity index (χ1) is 14.3. The minimum absolute atomic E-state index is 0.0275. The normalized spacial score (nSPS) is 10.4. The third kappa shape index (κ3) is 4.45. The Morgan fingerprint density at radius 2 is 1.70 bits per heavy atom. The molecule has 0 radical (unpaired) electrons. The number of nitrogens with zero attached hydrogens (tertiary/aromatic N) is 1. The number of carbonyl (C=O) groups is 3. The molecule has 3 aromatic rings. The molecule has 0 aliphatic rings. The Morgan fingerprint density at radius 3 is 2.33 bits per heavy atom. The number of hydrogen-bond donors (Lipinski definition) is 2. The third-order valence-electron chi connectivity index (χ3n) is 3.95. The average Bonchev–Trinajstić information content (AvgIpc) is 3.10. The summed E-state index contributed by atoms with van der Waals surface area (Å²) in [6.07, 6.45) is 0. The van der Waals surface area contributed by atoms with Gasteiger partial charge in [-0.3, -0.25) is 14.9 Å². The Hall–Kier alpha value is -3.36. The maximum atomic E-state index is 12.7. The van der Waals surface area contributed by atoms with E-state index in [2.05, 4.69) is 15.8 Å². The molecule has 0 aliphatic heterocycles. The van der Waals surface area contributed by atoms with E-state index in [4.69, 9.17) is 32.5 Å². The fourth-order valence-electron chi connectivity index (χ4n) is 2.68. The predicted octanol–water partition coefficient (Wildman–Crippen LogP) is 4.65. The number of carbonyl (C=O) groups excluding carboxylic acids is 3. The van der Waals surface area contributed by atoms with Crippen molar-refractivity contribution in [3.8, 4) is 11.3 Å². The lowest BCUT2D eigenvalue weighted by atomic mass is 10.1. The number of halogens is 2. The van der Waals surface area contributed by atoms with E-state index in [1.54, 1.807) is 30.3 Å². The highest BCUT2D eigenvalue weighted by Crippen LogP contribution is 2.38. The zero-order valence-electron chi connectivity index (χ0n) is 15.8. The molecule has 0 spiro atoms. The highest BCUT2D eigenvalue weighted by atomic mass is 35.5. The second-order valence-corrected chi connectivity index (χ2v) is 6.85. The Labute approximate surface area is 181 Å². The molecular formula is C20H15Cl2N3O5. The number of aromatic nitrogens is 1. The van der Waals surface area contributed by atoms with Crippen molar-refractivity contribution in [3.63, 3.8) is 0 Å². The van der Waals surface area contributed by atoms with Crippen molar-refractivity contribution >= 4 is 52.6 Å². The summed E-state index contributed by atoms with van der Waals surface area (Å²) in [6.45, 7) is 1.35. The van der Waals surface area contributed by atoms with Gasteiger partial charge < -0.3 is 14.6 Å². The molecule has 2 N–H and O–H groups in total. The van der Waals surface area contributed by atoms with Crippen LogP contribution in [0.1, 0.15) is 27.6 Å². The van der Waals surface area contributed by atoms with Crippen LogP contribution in [0.2, 0.25) is 10.0 Å². The molecular weight excluding hydrogens is 433 g/mol. The summed E-state index contributed by atoms with van der Waals surface area (Å²) >= 11 is 12.4. The molecule has 2 aromatic carbocycles. The Kier molecular flexibility index (Phi) is 6.39. The highest BCUT2D eigenvalue weighted by Gasteiger charge is 2.29. The van der Waals surface area contributed by atoms with Crippen LogP contribution in [-0.2, 0) is 9.53 Å².